The predicted molar refractivity (Wildman–Crippen MR) is 53.8 cm³/mol. The lowest BCUT2D eigenvalue weighted by molar-refractivity contribution is -0.164. The quantitative estimate of drug-likeness (QED) is 0.676. The molecule has 1 aliphatic carbocycles. The summed E-state index contributed by atoms with van der Waals surface area (Å²) in [7, 11) is 0. The van der Waals surface area contributed by atoms with Crippen molar-refractivity contribution < 1.29 is 4.79 Å². The van der Waals surface area contributed by atoms with Gasteiger partial charge in [-0.05, 0) is 26.2 Å². The molecule has 1 unspecified atom stereocenters. The Morgan fingerprint density at radius 2 is 2.23 bits per heavy atom. The molecule has 1 aliphatic heterocycles. The molecule has 0 bridgehead atoms. The Hall–Kier alpha value is -0.280. The molecule has 2 N–H and O–H groups in total. The molecule has 3 nitrogen and oxygen atoms in total. The van der Waals surface area contributed by atoms with Crippen LogP contribution in [-0.2, 0) is 4.79 Å². The molecule has 2 rings (SSSR count). The summed E-state index contributed by atoms with van der Waals surface area (Å²) in [5.74, 6) is 0.273. The van der Waals surface area contributed by atoms with E-state index < -0.39 is 0 Å². The van der Waals surface area contributed by atoms with Crippen LogP contribution in [0.2, 0.25) is 0 Å². The molecule has 1 heterocycles. The third kappa shape index (κ3) is 1.44. The highest BCUT2D eigenvalue weighted by Crippen LogP contribution is 2.37. The van der Waals surface area contributed by atoms with Gasteiger partial charge in [0.05, 0.1) is 5.41 Å². The van der Waals surface area contributed by atoms with E-state index in [1.165, 1.54) is 19.3 Å². The average Bonchev–Trinajstić information content (AvgIpc) is 1.99. The molecule has 0 aromatic rings. The number of β-lactam (4-membered cyclic amide) rings is 1. The van der Waals surface area contributed by atoms with Gasteiger partial charge in [-0.25, -0.2) is 0 Å². The minimum atomic E-state index is -0.227. The second-order valence-corrected chi connectivity index (χ2v) is 4.28. The molecular formula is C9H17ClN2O. The van der Waals surface area contributed by atoms with E-state index in [1.807, 2.05) is 11.8 Å². The minimum absolute atomic E-state index is 0. The molecule has 2 aliphatic rings. The van der Waals surface area contributed by atoms with Crippen molar-refractivity contribution in [2.24, 2.45) is 11.1 Å². The zero-order valence-corrected chi connectivity index (χ0v) is 8.77. The Morgan fingerprint density at radius 1 is 1.62 bits per heavy atom. The van der Waals surface area contributed by atoms with Crippen molar-refractivity contribution in [3.63, 3.8) is 0 Å². The van der Waals surface area contributed by atoms with Gasteiger partial charge in [0.25, 0.3) is 0 Å². The molecule has 1 saturated carbocycles. The summed E-state index contributed by atoms with van der Waals surface area (Å²) in [6, 6.07) is 0.553. The smallest absolute Gasteiger partial charge is 0.231 e. The van der Waals surface area contributed by atoms with Crippen molar-refractivity contribution >= 4 is 18.3 Å². The van der Waals surface area contributed by atoms with Gasteiger partial charge in [0, 0.05) is 19.1 Å². The average molecular weight is 205 g/mol. The summed E-state index contributed by atoms with van der Waals surface area (Å²) in [6.45, 7) is 3.34. The summed E-state index contributed by atoms with van der Waals surface area (Å²) in [5, 5.41) is 0. The number of rotatable bonds is 2. The van der Waals surface area contributed by atoms with Gasteiger partial charge in [-0.15, -0.1) is 12.4 Å². The second kappa shape index (κ2) is 3.46. The molecular weight excluding hydrogens is 188 g/mol. The van der Waals surface area contributed by atoms with Gasteiger partial charge in [-0.1, -0.05) is 0 Å². The minimum Gasteiger partial charge on any atom is -0.338 e. The molecule has 0 spiro atoms. The SMILES string of the molecule is CC1(CN)CN(C2CCC2)C1=O.Cl. The lowest BCUT2D eigenvalue weighted by Crippen LogP contribution is -2.66. The van der Waals surface area contributed by atoms with E-state index in [4.69, 9.17) is 5.73 Å². The van der Waals surface area contributed by atoms with Crippen LogP contribution in [-0.4, -0.2) is 29.9 Å². The molecule has 1 atom stereocenters. The van der Waals surface area contributed by atoms with Gasteiger partial charge in [0.1, 0.15) is 0 Å². The summed E-state index contributed by atoms with van der Waals surface area (Å²) in [5.41, 5.74) is 5.31. The normalized spacial score (nSPS) is 33.4. The maximum Gasteiger partial charge on any atom is 0.231 e. The molecule has 0 aromatic heterocycles. The molecule has 0 radical (unpaired) electrons. The van der Waals surface area contributed by atoms with E-state index in [-0.39, 0.29) is 23.7 Å². The van der Waals surface area contributed by atoms with E-state index in [9.17, 15) is 4.79 Å². The zero-order chi connectivity index (χ0) is 8.77. The summed E-state index contributed by atoms with van der Waals surface area (Å²) in [6.07, 6.45) is 3.69. The summed E-state index contributed by atoms with van der Waals surface area (Å²) >= 11 is 0. The lowest BCUT2D eigenvalue weighted by Gasteiger charge is -2.52. The van der Waals surface area contributed by atoms with Gasteiger partial charge >= 0.3 is 0 Å². The van der Waals surface area contributed by atoms with E-state index in [0.29, 0.717) is 12.6 Å². The fourth-order valence-electron chi connectivity index (χ4n) is 1.92. The molecule has 76 valence electrons. The topological polar surface area (TPSA) is 46.3 Å². The van der Waals surface area contributed by atoms with E-state index >= 15 is 0 Å². The fraction of sp³-hybridized carbons (Fsp3) is 0.889. The first-order chi connectivity index (χ1) is 5.67. The Morgan fingerprint density at radius 3 is 2.54 bits per heavy atom. The van der Waals surface area contributed by atoms with Crippen LogP contribution in [0.3, 0.4) is 0 Å². The van der Waals surface area contributed by atoms with Crippen LogP contribution < -0.4 is 5.73 Å². The van der Waals surface area contributed by atoms with Gasteiger partial charge in [-0.2, -0.15) is 0 Å². The highest BCUT2D eigenvalue weighted by molar-refractivity contribution is 5.89. The number of hydrogen-bond acceptors (Lipinski definition) is 2. The third-order valence-corrected chi connectivity index (χ3v) is 3.26. The van der Waals surface area contributed by atoms with Gasteiger partial charge < -0.3 is 10.6 Å². The van der Waals surface area contributed by atoms with Crippen molar-refractivity contribution in [2.75, 3.05) is 13.1 Å². The Bertz CT molecular complexity index is 218. The standard InChI is InChI=1S/C9H16N2O.ClH/c1-9(5-10)6-11(8(9)12)7-3-2-4-7;/h7H,2-6,10H2,1H3;1H. The predicted octanol–water partition coefficient (Wildman–Crippen LogP) is 0.768. The first-order valence-electron chi connectivity index (χ1n) is 4.68. The fourth-order valence-corrected chi connectivity index (χ4v) is 1.92. The Kier molecular flexibility index (Phi) is 2.88. The van der Waals surface area contributed by atoms with Crippen LogP contribution in [0, 0.1) is 5.41 Å². The maximum atomic E-state index is 11.6. The first kappa shape index (κ1) is 10.8. The second-order valence-electron chi connectivity index (χ2n) is 4.28. The van der Waals surface area contributed by atoms with Crippen molar-refractivity contribution in [1.29, 1.82) is 0 Å². The first-order valence-corrected chi connectivity index (χ1v) is 4.68. The van der Waals surface area contributed by atoms with Gasteiger partial charge in [0.15, 0.2) is 0 Å². The molecule has 1 amide bonds. The Balaban J connectivity index is 0.000000845. The summed E-state index contributed by atoms with van der Waals surface area (Å²) in [4.78, 5) is 13.6. The van der Waals surface area contributed by atoms with Crippen LogP contribution in [0.5, 0.6) is 0 Å². The monoisotopic (exact) mass is 204 g/mol. The van der Waals surface area contributed by atoms with Crippen molar-refractivity contribution in [2.45, 2.75) is 32.2 Å². The number of amides is 1. The number of carbonyl (C=O) groups is 1. The highest BCUT2D eigenvalue weighted by Gasteiger charge is 2.50. The van der Waals surface area contributed by atoms with Crippen LogP contribution in [0.1, 0.15) is 26.2 Å². The number of nitrogens with zero attached hydrogens (tertiary/aromatic N) is 1. The van der Waals surface area contributed by atoms with Crippen LogP contribution in [0.25, 0.3) is 0 Å². The lowest BCUT2D eigenvalue weighted by atomic mass is 9.76. The highest BCUT2D eigenvalue weighted by atomic mass is 35.5. The summed E-state index contributed by atoms with van der Waals surface area (Å²) < 4.78 is 0. The van der Waals surface area contributed by atoms with Crippen molar-refractivity contribution in [3.05, 3.63) is 0 Å². The molecule has 1 saturated heterocycles. The number of carbonyl (C=O) groups excluding carboxylic acids is 1. The number of likely N-dealkylation sites (tertiary alicyclic amines) is 1. The molecule has 2 fully saturated rings. The number of hydrogen-bond donors (Lipinski definition) is 1. The maximum absolute atomic E-state index is 11.6. The van der Waals surface area contributed by atoms with E-state index in [1.54, 1.807) is 0 Å². The largest absolute Gasteiger partial charge is 0.338 e. The third-order valence-electron chi connectivity index (χ3n) is 3.26. The molecule has 4 heteroatoms. The molecule has 0 aromatic carbocycles. The van der Waals surface area contributed by atoms with Gasteiger partial charge in [0.2, 0.25) is 5.91 Å². The van der Waals surface area contributed by atoms with Crippen LogP contribution in [0.15, 0.2) is 0 Å². The van der Waals surface area contributed by atoms with Gasteiger partial charge in [-0.3, -0.25) is 4.79 Å². The van der Waals surface area contributed by atoms with Crippen LogP contribution >= 0.6 is 12.4 Å². The number of halogens is 1. The van der Waals surface area contributed by atoms with Crippen molar-refractivity contribution in [1.82, 2.24) is 4.90 Å². The molecule has 13 heavy (non-hydrogen) atoms. The Labute approximate surface area is 85.1 Å². The zero-order valence-electron chi connectivity index (χ0n) is 7.95. The van der Waals surface area contributed by atoms with E-state index in [2.05, 4.69) is 0 Å². The van der Waals surface area contributed by atoms with Crippen molar-refractivity contribution in [3.8, 4) is 0 Å². The number of nitrogens with two attached hydrogens (primary N) is 1. The van der Waals surface area contributed by atoms with Crippen LogP contribution in [0.4, 0.5) is 0 Å². The van der Waals surface area contributed by atoms with E-state index in [0.717, 1.165) is 6.54 Å².